The first kappa shape index (κ1) is 20.3. The van der Waals surface area contributed by atoms with E-state index in [0.29, 0.717) is 44.8 Å². The summed E-state index contributed by atoms with van der Waals surface area (Å²) in [6.07, 6.45) is 3.33. The Kier molecular flexibility index (Phi) is 6.55. The van der Waals surface area contributed by atoms with Crippen LogP contribution < -0.4 is 0 Å². The zero-order valence-electron chi connectivity index (χ0n) is 16.4. The predicted octanol–water partition coefficient (Wildman–Crippen LogP) is 1.92. The van der Waals surface area contributed by atoms with E-state index < -0.39 is 10.0 Å². The Labute approximate surface area is 163 Å². The molecule has 2 aliphatic heterocycles. The number of benzene rings is 1. The molecule has 1 amide bonds. The van der Waals surface area contributed by atoms with Crippen LogP contribution in [0, 0.1) is 0 Å². The quantitative estimate of drug-likeness (QED) is 0.767. The summed E-state index contributed by atoms with van der Waals surface area (Å²) < 4.78 is 26.9. The second-order valence-electron chi connectivity index (χ2n) is 7.85. The molecule has 1 aromatic carbocycles. The number of hydrogen-bond donors (Lipinski definition) is 0. The summed E-state index contributed by atoms with van der Waals surface area (Å²) in [4.78, 5) is 16.9. The van der Waals surface area contributed by atoms with Crippen LogP contribution >= 0.6 is 0 Å². The molecule has 2 aliphatic rings. The molecule has 1 aromatic rings. The summed E-state index contributed by atoms with van der Waals surface area (Å²) in [5.74, 6) is 0.213. The molecule has 0 N–H and O–H groups in total. The van der Waals surface area contributed by atoms with Crippen molar-refractivity contribution in [2.45, 2.75) is 50.9 Å². The van der Waals surface area contributed by atoms with Crippen molar-refractivity contribution in [2.24, 2.45) is 0 Å². The van der Waals surface area contributed by atoms with Gasteiger partial charge in [-0.05, 0) is 38.7 Å². The largest absolute Gasteiger partial charge is 0.336 e. The molecule has 2 atom stereocenters. The van der Waals surface area contributed by atoms with Crippen LogP contribution in [0.4, 0.5) is 0 Å². The standard InChI is InChI=1S/C20H31N3O3S/c1-17-7-6-8-18(2)23(17)20(24)15-21-11-13-22(14-12-21)27(25,26)16-19-9-4-3-5-10-19/h3-5,9-10,17-18H,6-8,11-16H2,1-2H3/t17-,18-/m1/s1. The van der Waals surface area contributed by atoms with E-state index in [9.17, 15) is 13.2 Å². The molecular formula is C20H31N3O3S. The Balaban J connectivity index is 1.52. The van der Waals surface area contributed by atoms with Crippen LogP contribution in [0.5, 0.6) is 0 Å². The molecule has 2 fully saturated rings. The summed E-state index contributed by atoms with van der Waals surface area (Å²) in [7, 11) is -3.31. The molecule has 0 spiro atoms. The predicted molar refractivity (Wildman–Crippen MR) is 107 cm³/mol. The van der Waals surface area contributed by atoms with Gasteiger partial charge in [-0.25, -0.2) is 8.42 Å². The SMILES string of the molecule is C[C@@H]1CCC[C@@H](C)N1C(=O)CN1CCN(S(=O)(=O)Cc2ccccc2)CC1. The molecule has 3 rings (SSSR count). The third-order valence-electron chi connectivity index (χ3n) is 5.76. The maximum atomic E-state index is 12.8. The number of sulfonamides is 1. The molecule has 0 bridgehead atoms. The summed E-state index contributed by atoms with van der Waals surface area (Å²) in [6, 6.07) is 9.88. The highest BCUT2D eigenvalue weighted by molar-refractivity contribution is 7.88. The van der Waals surface area contributed by atoms with Crippen molar-refractivity contribution in [3.63, 3.8) is 0 Å². The average molecular weight is 394 g/mol. The van der Waals surface area contributed by atoms with Crippen molar-refractivity contribution >= 4 is 15.9 Å². The first-order chi connectivity index (χ1) is 12.9. The van der Waals surface area contributed by atoms with E-state index >= 15 is 0 Å². The lowest BCUT2D eigenvalue weighted by Gasteiger charge is -2.41. The summed E-state index contributed by atoms with van der Waals surface area (Å²) in [5.41, 5.74) is 0.809. The summed E-state index contributed by atoms with van der Waals surface area (Å²) in [5, 5.41) is 0. The van der Waals surface area contributed by atoms with E-state index in [0.717, 1.165) is 18.4 Å². The van der Waals surface area contributed by atoms with E-state index in [1.54, 1.807) is 4.31 Å². The zero-order chi connectivity index (χ0) is 19.4. The number of rotatable bonds is 5. The van der Waals surface area contributed by atoms with Gasteiger partial charge in [0, 0.05) is 38.3 Å². The van der Waals surface area contributed by atoms with Crippen LogP contribution in [0.25, 0.3) is 0 Å². The molecule has 0 saturated carbocycles. The normalized spacial score (nSPS) is 25.5. The van der Waals surface area contributed by atoms with Gasteiger partial charge in [0.2, 0.25) is 15.9 Å². The number of nitrogens with zero attached hydrogens (tertiary/aromatic N) is 3. The fourth-order valence-electron chi connectivity index (χ4n) is 4.23. The van der Waals surface area contributed by atoms with Crippen LogP contribution in [0.3, 0.4) is 0 Å². The Hall–Kier alpha value is -1.44. The minimum Gasteiger partial charge on any atom is -0.336 e. The minimum atomic E-state index is -3.31. The fourth-order valence-corrected chi connectivity index (χ4v) is 5.74. The van der Waals surface area contributed by atoms with E-state index in [-0.39, 0.29) is 11.7 Å². The Morgan fingerprint density at radius 1 is 1.00 bits per heavy atom. The van der Waals surface area contributed by atoms with Gasteiger partial charge in [-0.3, -0.25) is 9.69 Å². The second-order valence-corrected chi connectivity index (χ2v) is 9.82. The number of hydrogen-bond acceptors (Lipinski definition) is 4. The lowest BCUT2D eigenvalue weighted by atomic mass is 9.97. The molecule has 0 radical (unpaired) electrons. The molecule has 2 saturated heterocycles. The maximum Gasteiger partial charge on any atom is 0.237 e. The van der Waals surface area contributed by atoms with E-state index in [2.05, 4.69) is 18.7 Å². The molecule has 6 nitrogen and oxygen atoms in total. The highest BCUT2D eigenvalue weighted by Gasteiger charge is 2.32. The van der Waals surface area contributed by atoms with Crippen molar-refractivity contribution in [1.29, 1.82) is 0 Å². The van der Waals surface area contributed by atoms with Crippen LogP contribution in [0.1, 0.15) is 38.7 Å². The van der Waals surface area contributed by atoms with Crippen molar-refractivity contribution in [3.05, 3.63) is 35.9 Å². The van der Waals surface area contributed by atoms with Gasteiger partial charge in [0.1, 0.15) is 0 Å². The second kappa shape index (κ2) is 8.71. The summed E-state index contributed by atoms with van der Waals surface area (Å²) in [6.45, 7) is 6.76. The maximum absolute atomic E-state index is 12.8. The Morgan fingerprint density at radius 3 is 2.19 bits per heavy atom. The van der Waals surface area contributed by atoms with E-state index in [1.165, 1.54) is 6.42 Å². The van der Waals surface area contributed by atoms with Gasteiger partial charge in [0.25, 0.3) is 0 Å². The number of piperidine rings is 1. The Bertz CT molecular complexity index is 720. The first-order valence-electron chi connectivity index (χ1n) is 9.92. The van der Waals surface area contributed by atoms with Gasteiger partial charge in [0.15, 0.2) is 0 Å². The van der Waals surface area contributed by atoms with Crippen molar-refractivity contribution < 1.29 is 13.2 Å². The highest BCUT2D eigenvalue weighted by atomic mass is 32.2. The molecule has 0 aromatic heterocycles. The number of carbonyl (C=O) groups excluding carboxylic acids is 1. The minimum absolute atomic E-state index is 0.0373. The number of likely N-dealkylation sites (tertiary alicyclic amines) is 1. The molecular weight excluding hydrogens is 362 g/mol. The van der Waals surface area contributed by atoms with Crippen LogP contribution in [0.15, 0.2) is 30.3 Å². The van der Waals surface area contributed by atoms with Gasteiger partial charge < -0.3 is 4.90 Å². The van der Waals surface area contributed by atoms with Gasteiger partial charge in [-0.2, -0.15) is 4.31 Å². The van der Waals surface area contributed by atoms with Crippen LogP contribution in [-0.4, -0.2) is 73.2 Å². The van der Waals surface area contributed by atoms with Gasteiger partial charge in [-0.15, -0.1) is 0 Å². The van der Waals surface area contributed by atoms with Crippen LogP contribution in [-0.2, 0) is 20.6 Å². The summed E-state index contributed by atoms with van der Waals surface area (Å²) >= 11 is 0. The Morgan fingerprint density at radius 2 is 1.59 bits per heavy atom. The monoisotopic (exact) mass is 393 g/mol. The third-order valence-corrected chi connectivity index (χ3v) is 7.61. The molecule has 150 valence electrons. The van der Waals surface area contributed by atoms with Crippen molar-refractivity contribution in [1.82, 2.24) is 14.1 Å². The van der Waals surface area contributed by atoms with Gasteiger partial charge >= 0.3 is 0 Å². The highest BCUT2D eigenvalue weighted by Crippen LogP contribution is 2.23. The first-order valence-corrected chi connectivity index (χ1v) is 11.5. The zero-order valence-corrected chi connectivity index (χ0v) is 17.2. The van der Waals surface area contributed by atoms with Gasteiger partial charge in [0.05, 0.1) is 12.3 Å². The lowest BCUT2D eigenvalue weighted by molar-refractivity contribution is -0.138. The van der Waals surface area contributed by atoms with Gasteiger partial charge in [-0.1, -0.05) is 30.3 Å². The molecule has 2 heterocycles. The number of amides is 1. The van der Waals surface area contributed by atoms with Crippen molar-refractivity contribution in [3.8, 4) is 0 Å². The smallest absolute Gasteiger partial charge is 0.237 e. The molecule has 0 aliphatic carbocycles. The molecule has 27 heavy (non-hydrogen) atoms. The fraction of sp³-hybridized carbons (Fsp3) is 0.650. The lowest BCUT2D eigenvalue weighted by Crippen LogP contribution is -2.54. The van der Waals surface area contributed by atoms with E-state index in [1.807, 2.05) is 35.2 Å². The molecule has 0 unspecified atom stereocenters. The number of carbonyl (C=O) groups is 1. The average Bonchev–Trinajstić information content (AvgIpc) is 2.62. The van der Waals surface area contributed by atoms with E-state index in [4.69, 9.17) is 0 Å². The third kappa shape index (κ3) is 5.09. The number of piperazine rings is 1. The topological polar surface area (TPSA) is 60.9 Å². The van der Waals surface area contributed by atoms with Crippen molar-refractivity contribution in [2.75, 3.05) is 32.7 Å². The van der Waals surface area contributed by atoms with Crippen LogP contribution in [0.2, 0.25) is 0 Å². The molecule has 7 heteroatoms.